The van der Waals surface area contributed by atoms with Gasteiger partial charge in [-0.2, -0.15) is 5.10 Å². The third-order valence-corrected chi connectivity index (χ3v) is 5.01. The first-order valence-corrected chi connectivity index (χ1v) is 10.6. The molecular weight excluding hydrogens is 521 g/mol. The Labute approximate surface area is 192 Å². The highest BCUT2D eigenvalue weighted by atomic mass is 127. The van der Waals surface area contributed by atoms with E-state index < -0.39 is 11.9 Å². The minimum Gasteiger partial charge on any atom is -0.487 e. The standard InChI is InChI=1S/C21H19ClIN3O4/c1-2-29-21(28)18(26-25-16-5-3-4-13(22)12-16)17-10-11-30-19(17)20(27)24-15-8-6-14(23)7-9-15/h3-9,12,25H,2,10-11H2,1H3,(H,24,27)/b26-18-. The average Bonchev–Trinajstić information content (AvgIpc) is 3.20. The number of hydrazone groups is 1. The van der Waals surface area contributed by atoms with Crippen LogP contribution in [0.5, 0.6) is 0 Å². The number of ether oxygens (including phenoxy) is 2. The number of rotatable bonds is 7. The van der Waals surface area contributed by atoms with Crippen molar-refractivity contribution in [3.8, 4) is 0 Å². The van der Waals surface area contributed by atoms with Crippen LogP contribution >= 0.6 is 34.2 Å². The highest BCUT2D eigenvalue weighted by Crippen LogP contribution is 2.24. The van der Waals surface area contributed by atoms with E-state index in [1.807, 2.05) is 12.1 Å². The first-order valence-electron chi connectivity index (χ1n) is 9.17. The Morgan fingerprint density at radius 1 is 1.20 bits per heavy atom. The van der Waals surface area contributed by atoms with Gasteiger partial charge in [0.05, 0.1) is 18.9 Å². The Morgan fingerprint density at radius 3 is 2.67 bits per heavy atom. The minimum atomic E-state index is -0.646. The summed E-state index contributed by atoms with van der Waals surface area (Å²) in [7, 11) is 0. The fraction of sp³-hybridized carbons (Fsp3) is 0.190. The Bertz CT molecular complexity index is 1010. The average molecular weight is 540 g/mol. The second kappa shape index (κ2) is 10.4. The molecule has 1 heterocycles. The van der Waals surface area contributed by atoms with Crippen LogP contribution in [0.3, 0.4) is 0 Å². The Morgan fingerprint density at radius 2 is 1.97 bits per heavy atom. The zero-order valence-electron chi connectivity index (χ0n) is 16.1. The van der Waals surface area contributed by atoms with Gasteiger partial charge < -0.3 is 14.8 Å². The van der Waals surface area contributed by atoms with Gasteiger partial charge in [0.15, 0.2) is 11.5 Å². The number of amides is 1. The van der Waals surface area contributed by atoms with E-state index in [1.54, 1.807) is 43.3 Å². The van der Waals surface area contributed by atoms with Gasteiger partial charge in [0.25, 0.3) is 5.91 Å². The summed E-state index contributed by atoms with van der Waals surface area (Å²) in [5.74, 6) is -1.05. The van der Waals surface area contributed by atoms with E-state index in [2.05, 4.69) is 38.4 Å². The molecule has 0 aromatic heterocycles. The lowest BCUT2D eigenvalue weighted by Gasteiger charge is -2.10. The molecule has 1 aliphatic rings. The number of nitrogens with one attached hydrogen (secondary N) is 2. The van der Waals surface area contributed by atoms with Crippen LogP contribution in [0.15, 0.2) is 65.0 Å². The van der Waals surface area contributed by atoms with Gasteiger partial charge in [0, 0.05) is 26.3 Å². The lowest BCUT2D eigenvalue weighted by atomic mass is 10.1. The van der Waals surface area contributed by atoms with Crippen molar-refractivity contribution in [2.24, 2.45) is 5.10 Å². The van der Waals surface area contributed by atoms with Crippen molar-refractivity contribution in [3.05, 3.63) is 68.5 Å². The van der Waals surface area contributed by atoms with Crippen LogP contribution in [-0.4, -0.2) is 30.8 Å². The number of anilines is 2. The molecule has 7 nitrogen and oxygen atoms in total. The van der Waals surface area contributed by atoms with Gasteiger partial charge >= 0.3 is 5.97 Å². The number of carbonyl (C=O) groups excluding carboxylic acids is 2. The number of carbonyl (C=O) groups is 2. The van der Waals surface area contributed by atoms with Crippen molar-refractivity contribution >= 4 is 63.2 Å². The number of benzene rings is 2. The molecule has 0 bridgehead atoms. The minimum absolute atomic E-state index is 0.0120. The second-order valence-corrected chi connectivity index (χ2v) is 7.85. The number of esters is 1. The summed E-state index contributed by atoms with van der Waals surface area (Å²) in [4.78, 5) is 25.3. The monoisotopic (exact) mass is 539 g/mol. The van der Waals surface area contributed by atoms with Crippen LogP contribution in [0.4, 0.5) is 11.4 Å². The molecule has 30 heavy (non-hydrogen) atoms. The molecule has 0 saturated heterocycles. The maximum absolute atomic E-state index is 12.8. The molecule has 3 rings (SSSR count). The number of halogens is 2. The third kappa shape index (κ3) is 5.73. The molecular formula is C21H19ClIN3O4. The maximum Gasteiger partial charge on any atom is 0.359 e. The summed E-state index contributed by atoms with van der Waals surface area (Å²) in [6.45, 7) is 2.14. The Kier molecular flexibility index (Phi) is 7.69. The highest BCUT2D eigenvalue weighted by molar-refractivity contribution is 14.1. The Balaban J connectivity index is 1.89. The van der Waals surface area contributed by atoms with Crippen LogP contribution in [0.25, 0.3) is 0 Å². The zero-order chi connectivity index (χ0) is 21.5. The molecule has 1 aliphatic heterocycles. The van der Waals surface area contributed by atoms with Crippen LogP contribution in [0.1, 0.15) is 13.3 Å². The molecule has 0 atom stereocenters. The van der Waals surface area contributed by atoms with E-state index in [0.29, 0.717) is 28.4 Å². The molecule has 0 aliphatic carbocycles. The SMILES string of the molecule is CCOC(=O)/C(=N\Nc1cccc(Cl)c1)C1=C(C(=O)Nc2ccc(I)cc2)OCC1. The molecule has 1 amide bonds. The molecule has 0 saturated carbocycles. The lowest BCUT2D eigenvalue weighted by Crippen LogP contribution is -2.24. The van der Waals surface area contributed by atoms with Gasteiger partial charge in [-0.3, -0.25) is 10.2 Å². The van der Waals surface area contributed by atoms with Crippen LogP contribution in [-0.2, 0) is 19.1 Å². The number of hydrogen-bond acceptors (Lipinski definition) is 6. The zero-order valence-corrected chi connectivity index (χ0v) is 19.0. The van der Waals surface area contributed by atoms with Gasteiger partial charge in [0.2, 0.25) is 0 Å². The van der Waals surface area contributed by atoms with E-state index in [0.717, 1.165) is 3.57 Å². The fourth-order valence-electron chi connectivity index (χ4n) is 2.72. The molecule has 2 aromatic carbocycles. The summed E-state index contributed by atoms with van der Waals surface area (Å²) < 4.78 is 11.7. The van der Waals surface area contributed by atoms with Crippen molar-refractivity contribution in [2.45, 2.75) is 13.3 Å². The van der Waals surface area contributed by atoms with E-state index in [-0.39, 0.29) is 24.7 Å². The van der Waals surface area contributed by atoms with E-state index in [9.17, 15) is 9.59 Å². The van der Waals surface area contributed by atoms with Crippen molar-refractivity contribution in [1.82, 2.24) is 0 Å². The smallest absolute Gasteiger partial charge is 0.359 e. The summed E-state index contributed by atoms with van der Waals surface area (Å²) in [5.41, 5.74) is 4.38. The predicted molar refractivity (Wildman–Crippen MR) is 125 cm³/mol. The first kappa shape index (κ1) is 22.1. The quantitative estimate of drug-likeness (QED) is 0.233. The van der Waals surface area contributed by atoms with Gasteiger partial charge in [-0.15, -0.1) is 0 Å². The third-order valence-electron chi connectivity index (χ3n) is 4.06. The summed E-state index contributed by atoms with van der Waals surface area (Å²) in [6.07, 6.45) is 0.352. The molecule has 2 aromatic rings. The summed E-state index contributed by atoms with van der Waals surface area (Å²) in [5, 5.41) is 7.50. The fourth-order valence-corrected chi connectivity index (χ4v) is 3.27. The van der Waals surface area contributed by atoms with Crippen molar-refractivity contribution in [1.29, 1.82) is 0 Å². The normalized spacial score (nSPS) is 13.6. The second-order valence-electron chi connectivity index (χ2n) is 6.17. The summed E-state index contributed by atoms with van der Waals surface area (Å²) in [6, 6.07) is 14.2. The van der Waals surface area contributed by atoms with Crippen molar-refractivity contribution < 1.29 is 19.1 Å². The van der Waals surface area contributed by atoms with Crippen molar-refractivity contribution in [3.63, 3.8) is 0 Å². The molecule has 156 valence electrons. The molecule has 0 unspecified atom stereocenters. The lowest BCUT2D eigenvalue weighted by molar-refractivity contribution is -0.135. The molecule has 2 N–H and O–H groups in total. The van der Waals surface area contributed by atoms with Crippen LogP contribution in [0, 0.1) is 3.57 Å². The highest BCUT2D eigenvalue weighted by Gasteiger charge is 2.31. The molecule has 9 heteroatoms. The van der Waals surface area contributed by atoms with E-state index >= 15 is 0 Å². The van der Waals surface area contributed by atoms with Gasteiger partial charge in [-0.05, 0) is 72.0 Å². The van der Waals surface area contributed by atoms with Gasteiger partial charge in [0.1, 0.15) is 0 Å². The van der Waals surface area contributed by atoms with E-state index in [1.165, 1.54) is 0 Å². The molecule has 0 spiro atoms. The predicted octanol–water partition coefficient (Wildman–Crippen LogP) is 4.59. The number of hydrogen-bond donors (Lipinski definition) is 2. The largest absolute Gasteiger partial charge is 0.487 e. The number of nitrogens with zero attached hydrogens (tertiary/aromatic N) is 1. The van der Waals surface area contributed by atoms with Crippen LogP contribution in [0.2, 0.25) is 5.02 Å². The topological polar surface area (TPSA) is 89.0 Å². The maximum atomic E-state index is 12.8. The molecule has 0 fully saturated rings. The van der Waals surface area contributed by atoms with Gasteiger partial charge in [-0.1, -0.05) is 17.7 Å². The van der Waals surface area contributed by atoms with Gasteiger partial charge in [-0.25, -0.2) is 4.79 Å². The van der Waals surface area contributed by atoms with E-state index in [4.69, 9.17) is 21.1 Å². The van der Waals surface area contributed by atoms with Crippen LogP contribution < -0.4 is 10.7 Å². The first-order chi connectivity index (χ1) is 14.5. The summed E-state index contributed by atoms with van der Waals surface area (Å²) >= 11 is 8.17. The molecule has 0 radical (unpaired) electrons. The Hall–Kier alpha value is -2.59. The van der Waals surface area contributed by atoms with Crippen molar-refractivity contribution in [2.75, 3.05) is 24.0 Å².